The number of hydrogen-bond donors (Lipinski definition) is 1. The van der Waals surface area contributed by atoms with Crippen molar-refractivity contribution in [2.45, 2.75) is 59.5 Å². The van der Waals surface area contributed by atoms with Crippen molar-refractivity contribution in [2.75, 3.05) is 19.6 Å². The van der Waals surface area contributed by atoms with Gasteiger partial charge in [-0.15, -0.1) is 0 Å². The number of likely N-dealkylation sites (N-methyl/N-ethyl adjacent to an activating group) is 2. The summed E-state index contributed by atoms with van der Waals surface area (Å²) in [6.45, 7) is 14.7. The Bertz CT molecular complexity index is 125. The third kappa shape index (κ3) is 4.97. The van der Waals surface area contributed by atoms with Crippen LogP contribution in [0.2, 0.25) is 0 Å². The second kappa shape index (κ2) is 8.25. The van der Waals surface area contributed by atoms with Crippen molar-refractivity contribution in [3.05, 3.63) is 0 Å². The van der Waals surface area contributed by atoms with Crippen molar-refractivity contribution in [2.24, 2.45) is 0 Å². The molecule has 0 heterocycles. The molecule has 0 bridgehead atoms. The molecular weight excluding hydrogens is 172 g/mol. The Labute approximate surface area is 90.1 Å². The van der Waals surface area contributed by atoms with Crippen LogP contribution in [-0.2, 0) is 0 Å². The minimum absolute atomic E-state index is 0.661. The summed E-state index contributed by atoms with van der Waals surface area (Å²) in [5.74, 6) is 0. The Morgan fingerprint density at radius 3 is 2.07 bits per heavy atom. The summed E-state index contributed by atoms with van der Waals surface area (Å²) in [6, 6.07) is 1.38. The van der Waals surface area contributed by atoms with Crippen LogP contribution >= 0.6 is 0 Å². The summed E-state index contributed by atoms with van der Waals surface area (Å²) in [4.78, 5) is 2.57. The highest BCUT2D eigenvalue weighted by molar-refractivity contribution is 4.73. The molecule has 2 atom stereocenters. The van der Waals surface area contributed by atoms with E-state index >= 15 is 0 Å². The van der Waals surface area contributed by atoms with E-state index in [0.29, 0.717) is 12.1 Å². The molecule has 0 aromatic carbocycles. The fourth-order valence-corrected chi connectivity index (χ4v) is 1.79. The third-order valence-electron chi connectivity index (χ3n) is 3.06. The van der Waals surface area contributed by atoms with Crippen LogP contribution in [0.5, 0.6) is 0 Å². The molecule has 86 valence electrons. The standard InChI is InChI=1S/C12H28N2/c1-6-11(5)14(9-4)10-12(7-2)13-8-3/h11-13H,6-10H2,1-5H3. The van der Waals surface area contributed by atoms with Gasteiger partial charge in [-0.3, -0.25) is 4.90 Å². The van der Waals surface area contributed by atoms with Gasteiger partial charge in [0, 0.05) is 18.6 Å². The molecule has 0 aromatic rings. The number of rotatable bonds is 8. The van der Waals surface area contributed by atoms with Gasteiger partial charge in [0.25, 0.3) is 0 Å². The molecule has 0 saturated heterocycles. The molecule has 0 radical (unpaired) electrons. The predicted octanol–water partition coefficient (Wildman–Crippen LogP) is 2.49. The molecule has 0 rings (SSSR count). The van der Waals surface area contributed by atoms with Gasteiger partial charge in [0.1, 0.15) is 0 Å². The zero-order valence-corrected chi connectivity index (χ0v) is 10.6. The van der Waals surface area contributed by atoms with Crippen LogP contribution in [0.1, 0.15) is 47.5 Å². The van der Waals surface area contributed by atoms with Crippen molar-refractivity contribution in [1.82, 2.24) is 10.2 Å². The molecular formula is C12H28N2. The first kappa shape index (κ1) is 13.9. The topological polar surface area (TPSA) is 15.3 Å². The molecule has 1 N–H and O–H groups in total. The van der Waals surface area contributed by atoms with Crippen LogP contribution in [0.4, 0.5) is 0 Å². The second-order valence-electron chi connectivity index (χ2n) is 4.01. The van der Waals surface area contributed by atoms with Crippen molar-refractivity contribution < 1.29 is 0 Å². The molecule has 0 fully saturated rings. The highest BCUT2D eigenvalue weighted by Crippen LogP contribution is 2.05. The fourth-order valence-electron chi connectivity index (χ4n) is 1.79. The SMILES string of the molecule is CCNC(CC)CN(CC)C(C)CC. The van der Waals surface area contributed by atoms with E-state index in [1.54, 1.807) is 0 Å². The van der Waals surface area contributed by atoms with Crippen LogP contribution < -0.4 is 5.32 Å². The van der Waals surface area contributed by atoms with Gasteiger partial charge in [-0.2, -0.15) is 0 Å². The van der Waals surface area contributed by atoms with Crippen molar-refractivity contribution in [3.63, 3.8) is 0 Å². The number of hydrogen-bond acceptors (Lipinski definition) is 2. The molecule has 0 amide bonds. The second-order valence-corrected chi connectivity index (χ2v) is 4.01. The molecule has 0 spiro atoms. The van der Waals surface area contributed by atoms with E-state index in [2.05, 4.69) is 44.8 Å². The molecule has 2 nitrogen and oxygen atoms in total. The van der Waals surface area contributed by atoms with E-state index in [-0.39, 0.29) is 0 Å². The number of nitrogens with zero attached hydrogens (tertiary/aromatic N) is 1. The minimum Gasteiger partial charge on any atom is -0.313 e. The minimum atomic E-state index is 0.661. The van der Waals surface area contributed by atoms with Gasteiger partial charge in [-0.1, -0.05) is 27.7 Å². The Hall–Kier alpha value is -0.0800. The summed E-state index contributed by atoms with van der Waals surface area (Å²) in [5.41, 5.74) is 0. The summed E-state index contributed by atoms with van der Waals surface area (Å²) in [5, 5.41) is 3.53. The van der Waals surface area contributed by atoms with Crippen molar-refractivity contribution >= 4 is 0 Å². The average Bonchev–Trinajstić information content (AvgIpc) is 2.23. The van der Waals surface area contributed by atoms with E-state index in [9.17, 15) is 0 Å². The lowest BCUT2D eigenvalue weighted by Crippen LogP contribution is -2.44. The molecule has 0 aliphatic carbocycles. The van der Waals surface area contributed by atoms with Crippen LogP contribution in [0.3, 0.4) is 0 Å². The van der Waals surface area contributed by atoms with Gasteiger partial charge in [0.15, 0.2) is 0 Å². The van der Waals surface area contributed by atoms with Crippen LogP contribution in [-0.4, -0.2) is 36.6 Å². The van der Waals surface area contributed by atoms with Gasteiger partial charge in [0.2, 0.25) is 0 Å². The normalized spacial score (nSPS) is 15.9. The lowest BCUT2D eigenvalue weighted by molar-refractivity contribution is 0.190. The van der Waals surface area contributed by atoms with Crippen molar-refractivity contribution in [1.29, 1.82) is 0 Å². The maximum Gasteiger partial charge on any atom is 0.0192 e. The summed E-state index contributed by atoms with van der Waals surface area (Å²) in [7, 11) is 0. The molecule has 0 aliphatic rings. The maximum absolute atomic E-state index is 3.53. The van der Waals surface area contributed by atoms with Crippen molar-refractivity contribution in [3.8, 4) is 0 Å². The highest BCUT2D eigenvalue weighted by Gasteiger charge is 2.14. The number of nitrogens with one attached hydrogen (secondary N) is 1. The zero-order chi connectivity index (χ0) is 11.0. The zero-order valence-electron chi connectivity index (χ0n) is 10.6. The van der Waals surface area contributed by atoms with Gasteiger partial charge in [0.05, 0.1) is 0 Å². The third-order valence-corrected chi connectivity index (χ3v) is 3.06. The smallest absolute Gasteiger partial charge is 0.0192 e. The van der Waals surface area contributed by atoms with Gasteiger partial charge in [-0.25, -0.2) is 0 Å². The first-order valence-electron chi connectivity index (χ1n) is 6.16. The first-order valence-corrected chi connectivity index (χ1v) is 6.16. The van der Waals surface area contributed by atoms with Crippen LogP contribution in [0.15, 0.2) is 0 Å². The molecule has 2 unspecified atom stereocenters. The average molecular weight is 200 g/mol. The summed E-state index contributed by atoms with van der Waals surface area (Å²) in [6.07, 6.45) is 2.47. The quantitative estimate of drug-likeness (QED) is 0.647. The Balaban J connectivity index is 3.99. The van der Waals surface area contributed by atoms with Gasteiger partial charge < -0.3 is 5.32 Å². The molecule has 2 heteroatoms. The van der Waals surface area contributed by atoms with Gasteiger partial charge in [-0.05, 0) is 32.9 Å². The molecule has 14 heavy (non-hydrogen) atoms. The Kier molecular flexibility index (Phi) is 8.20. The maximum atomic E-state index is 3.53. The van der Waals surface area contributed by atoms with Crippen LogP contribution in [0, 0.1) is 0 Å². The van der Waals surface area contributed by atoms with E-state index in [0.717, 1.165) is 13.1 Å². The van der Waals surface area contributed by atoms with Gasteiger partial charge >= 0.3 is 0 Å². The first-order chi connectivity index (χ1) is 6.69. The Morgan fingerprint density at radius 2 is 1.71 bits per heavy atom. The summed E-state index contributed by atoms with van der Waals surface area (Å²) >= 11 is 0. The summed E-state index contributed by atoms with van der Waals surface area (Å²) < 4.78 is 0. The molecule has 0 saturated carbocycles. The largest absolute Gasteiger partial charge is 0.313 e. The molecule has 0 aliphatic heterocycles. The van der Waals surface area contributed by atoms with E-state index < -0.39 is 0 Å². The van der Waals surface area contributed by atoms with Crippen LogP contribution in [0.25, 0.3) is 0 Å². The monoisotopic (exact) mass is 200 g/mol. The fraction of sp³-hybridized carbons (Fsp3) is 1.00. The molecule has 0 aromatic heterocycles. The van der Waals surface area contributed by atoms with E-state index in [1.165, 1.54) is 19.4 Å². The lowest BCUT2D eigenvalue weighted by Gasteiger charge is -2.31. The Morgan fingerprint density at radius 1 is 1.07 bits per heavy atom. The highest BCUT2D eigenvalue weighted by atomic mass is 15.2. The predicted molar refractivity (Wildman–Crippen MR) is 64.8 cm³/mol. The lowest BCUT2D eigenvalue weighted by atomic mass is 10.1. The van der Waals surface area contributed by atoms with E-state index in [1.807, 2.05) is 0 Å². The van der Waals surface area contributed by atoms with E-state index in [4.69, 9.17) is 0 Å².